The fraction of sp³-hybridized carbons (Fsp3) is 0. The molecule has 27 heavy (non-hydrogen) atoms. The molecule has 0 radical (unpaired) electrons. The van der Waals surface area contributed by atoms with E-state index in [1.807, 2.05) is 0 Å². The maximum atomic E-state index is 13.4. The molecule has 1 aromatic heterocycles. The first-order valence-corrected chi connectivity index (χ1v) is 8.36. The smallest absolute Gasteiger partial charge is 0.261 e. The van der Waals surface area contributed by atoms with E-state index in [0.29, 0.717) is 4.47 Å². The van der Waals surface area contributed by atoms with Gasteiger partial charge in [0, 0.05) is 11.9 Å². The van der Waals surface area contributed by atoms with Crippen LogP contribution in [0.2, 0.25) is 0 Å². The summed E-state index contributed by atoms with van der Waals surface area (Å²) in [6.45, 7) is 0. The van der Waals surface area contributed by atoms with E-state index in [9.17, 15) is 13.6 Å². The molecule has 5 nitrogen and oxygen atoms in total. The van der Waals surface area contributed by atoms with Gasteiger partial charge in [0.25, 0.3) is 5.91 Å². The summed E-state index contributed by atoms with van der Waals surface area (Å²) in [5.41, 5.74) is 0.165. The molecule has 0 atom stereocenters. The molecule has 8 heteroatoms. The highest BCUT2D eigenvalue weighted by Crippen LogP contribution is 2.31. The number of hydrogen-bond acceptors (Lipinski definition) is 4. The second-order valence-corrected chi connectivity index (χ2v) is 6.15. The average Bonchev–Trinajstić information content (AvgIpc) is 2.66. The van der Waals surface area contributed by atoms with Crippen LogP contribution in [0.15, 0.2) is 59.2 Å². The molecular weight excluding hydrogens is 420 g/mol. The predicted octanol–water partition coefficient (Wildman–Crippen LogP) is 5.04. The number of carbonyl (C=O) groups excluding carboxylic acids is 1. The largest absolute Gasteiger partial charge is 0.437 e. The third-order valence-electron chi connectivity index (χ3n) is 3.46. The number of nitrogens with one attached hydrogen (secondary N) is 1. The molecule has 1 amide bonds. The zero-order valence-corrected chi connectivity index (χ0v) is 15.1. The molecule has 0 spiro atoms. The van der Waals surface area contributed by atoms with Gasteiger partial charge >= 0.3 is 0 Å². The van der Waals surface area contributed by atoms with E-state index >= 15 is 0 Å². The lowest BCUT2D eigenvalue weighted by Gasteiger charge is -2.11. The predicted molar refractivity (Wildman–Crippen MR) is 97.5 cm³/mol. The lowest BCUT2D eigenvalue weighted by Crippen LogP contribution is -2.14. The summed E-state index contributed by atoms with van der Waals surface area (Å²) in [6.07, 6.45) is 1.44. The number of rotatable bonds is 4. The summed E-state index contributed by atoms with van der Waals surface area (Å²) in [7, 11) is 0. The van der Waals surface area contributed by atoms with E-state index in [0.717, 1.165) is 6.07 Å². The van der Waals surface area contributed by atoms with Crippen molar-refractivity contribution in [3.05, 3.63) is 82.0 Å². The van der Waals surface area contributed by atoms with Gasteiger partial charge in [-0.25, -0.2) is 13.8 Å². The number of hydrogen-bond donors (Lipinski definition) is 1. The normalized spacial score (nSPS) is 10.1. The summed E-state index contributed by atoms with van der Waals surface area (Å²) in [5.74, 6) is -1.41. The Hall–Kier alpha value is -3.31. The monoisotopic (exact) mass is 429 g/mol. The lowest BCUT2D eigenvalue weighted by atomic mass is 10.2. The van der Waals surface area contributed by atoms with E-state index in [1.54, 1.807) is 12.1 Å². The van der Waals surface area contributed by atoms with Crippen molar-refractivity contribution in [2.75, 3.05) is 5.32 Å². The van der Waals surface area contributed by atoms with Gasteiger partial charge in [0.1, 0.15) is 29.0 Å². The summed E-state index contributed by atoms with van der Waals surface area (Å²) in [4.78, 5) is 16.6. The van der Waals surface area contributed by atoms with Crippen LogP contribution >= 0.6 is 15.9 Å². The SMILES string of the molecule is N#Cc1cc(NC(=O)c2cccnc2Oc2ccc(F)cc2Br)ccc1F. The van der Waals surface area contributed by atoms with Crippen molar-refractivity contribution < 1.29 is 18.3 Å². The Morgan fingerprint density at radius 2 is 2.00 bits per heavy atom. The van der Waals surface area contributed by atoms with Gasteiger partial charge in [-0.2, -0.15) is 5.26 Å². The number of anilines is 1. The van der Waals surface area contributed by atoms with E-state index in [-0.39, 0.29) is 28.4 Å². The lowest BCUT2D eigenvalue weighted by molar-refractivity contribution is 0.102. The van der Waals surface area contributed by atoms with E-state index < -0.39 is 17.5 Å². The molecule has 134 valence electrons. The number of aromatic nitrogens is 1. The highest BCUT2D eigenvalue weighted by atomic mass is 79.9. The molecule has 0 saturated carbocycles. The van der Waals surface area contributed by atoms with Crippen molar-refractivity contribution in [2.24, 2.45) is 0 Å². The van der Waals surface area contributed by atoms with Crippen LogP contribution < -0.4 is 10.1 Å². The van der Waals surface area contributed by atoms with Crippen LogP contribution in [0.1, 0.15) is 15.9 Å². The minimum absolute atomic E-state index is 0.00456. The standard InChI is InChI=1S/C19H10BrF2N3O2/c20-15-9-12(21)3-6-17(15)27-19-14(2-1-7-24-19)18(26)25-13-4-5-16(22)11(8-13)10-23/h1-9H,(H,25,26). The molecule has 0 aliphatic rings. The number of ether oxygens (including phenoxy) is 1. The van der Waals surface area contributed by atoms with E-state index in [2.05, 4.69) is 26.2 Å². The number of nitriles is 1. The molecule has 0 aliphatic carbocycles. The Balaban J connectivity index is 1.87. The highest BCUT2D eigenvalue weighted by Gasteiger charge is 2.16. The summed E-state index contributed by atoms with van der Waals surface area (Å²) < 4.78 is 32.6. The Morgan fingerprint density at radius 1 is 1.19 bits per heavy atom. The van der Waals surface area contributed by atoms with Crippen LogP contribution in [0.5, 0.6) is 11.6 Å². The van der Waals surface area contributed by atoms with Crippen LogP contribution in [0.3, 0.4) is 0 Å². The molecule has 0 bridgehead atoms. The Bertz CT molecular complexity index is 1070. The van der Waals surface area contributed by atoms with Crippen molar-refractivity contribution in [1.82, 2.24) is 4.98 Å². The minimum atomic E-state index is -0.679. The van der Waals surface area contributed by atoms with Gasteiger partial charge in [0.15, 0.2) is 0 Å². The number of benzene rings is 2. The molecule has 0 aliphatic heterocycles. The van der Waals surface area contributed by atoms with E-state index in [1.165, 1.54) is 42.6 Å². The zero-order valence-electron chi connectivity index (χ0n) is 13.5. The quantitative estimate of drug-likeness (QED) is 0.630. The molecular formula is C19H10BrF2N3O2. The van der Waals surface area contributed by atoms with Gasteiger partial charge < -0.3 is 10.1 Å². The molecule has 0 unspecified atom stereocenters. The van der Waals surface area contributed by atoms with Crippen LogP contribution in [0.25, 0.3) is 0 Å². The van der Waals surface area contributed by atoms with Crippen LogP contribution in [-0.2, 0) is 0 Å². The van der Waals surface area contributed by atoms with Gasteiger partial charge in [0.2, 0.25) is 5.88 Å². The Morgan fingerprint density at radius 3 is 2.74 bits per heavy atom. The first-order chi connectivity index (χ1) is 13.0. The summed E-state index contributed by atoms with van der Waals surface area (Å²) in [5, 5.41) is 11.4. The molecule has 0 saturated heterocycles. The van der Waals surface area contributed by atoms with Gasteiger partial charge in [0.05, 0.1) is 10.0 Å². The number of halogens is 3. The molecule has 2 aromatic carbocycles. The molecule has 3 rings (SSSR count). The van der Waals surface area contributed by atoms with Gasteiger partial charge in [-0.15, -0.1) is 0 Å². The number of nitrogens with zero attached hydrogens (tertiary/aromatic N) is 2. The van der Waals surface area contributed by atoms with Crippen LogP contribution in [-0.4, -0.2) is 10.9 Å². The molecule has 1 heterocycles. The third-order valence-corrected chi connectivity index (χ3v) is 4.08. The minimum Gasteiger partial charge on any atom is -0.437 e. The Labute approximate surface area is 161 Å². The average molecular weight is 430 g/mol. The second-order valence-electron chi connectivity index (χ2n) is 5.29. The summed E-state index contributed by atoms with van der Waals surface area (Å²) in [6, 6.07) is 12.2. The number of amides is 1. The first kappa shape index (κ1) is 18.5. The van der Waals surface area contributed by atoms with Crippen molar-refractivity contribution in [2.45, 2.75) is 0 Å². The van der Waals surface area contributed by atoms with Gasteiger partial charge in [-0.1, -0.05) is 0 Å². The summed E-state index contributed by atoms with van der Waals surface area (Å²) >= 11 is 3.18. The molecule has 3 aromatic rings. The first-order valence-electron chi connectivity index (χ1n) is 7.57. The van der Waals surface area contributed by atoms with Crippen molar-refractivity contribution in [1.29, 1.82) is 5.26 Å². The van der Waals surface area contributed by atoms with Gasteiger partial charge in [-0.3, -0.25) is 4.79 Å². The molecule has 1 N–H and O–H groups in total. The molecule has 0 fully saturated rings. The number of pyridine rings is 1. The highest BCUT2D eigenvalue weighted by molar-refractivity contribution is 9.10. The van der Waals surface area contributed by atoms with Crippen molar-refractivity contribution in [3.63, 3.8) is 0 Å². The van der Waals surface area contributed by atoms with Crippen LogP contribution in [0, 0.1) is 23.0 Å². The Kier molecular flexibility index (Phi) is 5.43. The van der Waals surface area contributed by atoms with Crippen LogP contribution in [0.4, 0.5) is 14.5 Å². The second kappa shape index (κ2) is 7.93. The van der Waals surface area contributed by atoms with Crippen molar-refractivity contribution in [3.8, 4) is 17.7 Å². The zero-order chi connectivity index (χ0) is 19.4. The van der Waals surface area contributed by atoms with Crippen molar-refractivity contribution >= 4 is 27.5 Å². The number of carbonyl (C=O) groups is 1. The maximum Gasteiger partial charge on any atom is 0.261 e. The van der Waals surface area contributed by atoms with Gasteiger partial charge in [-0.05, 0) is 64.5 Å². The van der Waals surface area contributed by atoms with E-state index in [4.69, 9.17) is 10.00 Å². The third kappa shape index (κ3) is 4.27. The fourth-order valence-electron chi connectivity index (χ4n) is 2.19. The topological polar surface area (TPSA) is 75.0 Å². The maximum absolute atomic E-state index is 13.4. The fourth-order valence-corrected chi connectivity index (χ4v) is 2.63.